The molecule has 3 aromatic rings. The van der Waals surface area contributed by atoms with Crippen LogP contribution in [0.3, 0.4) is 0 Å². The van der Waals surface area contributed by atoms with E-state index in [2.05, 4.69) is 32.6 Å². The van der Waals surface area contributed by atoms with Gasteiger partial charge in [0.25, 0.3) is 0 Å². The second-order valence-corrected chi connectivity index (χ2v) is 9.13. The highest BCUT2D eigenvalue weighted by Gasteiger charge is 2.30. The van der Waals surface area contributed by atoms with Gasteiger partial charge in [-0.25, -0.2) is 0 Å². The lowest BCUT2D eigenvalue weighted by Gasteiger charge is -2.30. The highest BCUT2D eigenvalue weighted by molar-refractivity contribution is 14.1. The maximum atomic E-state index is 8.93. The van der Waals surface area contributed by atoms with Crippen LogP contribution in [0.15, 0.2) is 96.1 Å². The topological polar surface area (TPSA) is 76.5 Å². The van der Waals surface area contributed by atoms with Gasteiger partial charge < -0.3 is 14.2 Å². The molecule has 0 aliphatic rings. The van der Waals surface area contributed by atoms with E-state index in [4.69, 9.17) is 19.7 Å². The van der Waals surface area contributed by atoms with Crippen LogP contribution >= 0.6 is 22.6 Å². The lowest BCUT2D eigenvalue weighted by atomic mass is 10.1. The maximum Gasteiger partial charge on any atom is 0.0982 e. The lowest BCUT2D eigenvalue weighted by Crippen LogP contribution is -2.42. The van der Waals surface area contributed by atoms with Crippen molar-refractivity contribution in [3.63, 3.8) is 0 Å². The average Bonchev–Trinajstić information content (AvgIpc) is 2.87. The molecule has 0 heterocycles. The average molecular weight is 557 g/mol. The number of benzene rings is 3. The number of rotatable bonds is 14. The summed E-state index contributed by atoms with van der Waals surface area (Å²) in [5, 5.41) is 3.80. The molecule has 0 radical (unpaired) electrons. The minimum absolute atomic E-state index is 0.00955. The van der Waals surface area contributed by atoms with Crippen LogP contribution < -0.4 is 0 Å². The van der Waals surface area contributed by atoms with Crippen LogP contribution in [0.1, 0.15) is 16.7 Å². The van der Waals surface area contributed by atoms with E-state index in [9.17, 15) is 0 Å². The maximum absolute atomic E-state index is 8.93. The molecule has 0 fully saturated rings. The fourth-order valence-electron chi connectivity index (χ4n) is 3.32. The molecule has 7 heteroatoms. The van der Waals surface area contributed by atoms with Crippen molar-refractivity contribution < 1.29 is 14.2 Å². The zero-order chi connectivity index (χ0) is 23.1. The molecule has 6 nitrogen and oxygen atoms in total. The minimum Gasteiger partial charge on any atom is -0.376 e. The van der Waals surface area contributed by atoms with Crippen molar-refractivity contribution in [2.75, 3.05) is 13.2 Å². The Morgan fingerprint density at radius 3 is 1.73 bits per heavy atom. The van der Waals surface area contributed by atoms with Crippen molar-refractivity contribution in [2.24, 2.45) is 5.11 Å². The predicted octanol–water partition coefficient (Wildman–Crippen LogP) is 6.49. The third-order valence-electron chi connectivity index (χ3n) is 5.03. The first kappa shape index (κ1) is 25.2. The Hall–Kier alpha value is -2.42. The molecule has 3 rings (SSSR count). The van der Waals surface area contributed by atoms with Gasteiger partial charge in [0.2, 0.25) is 0 Å². The van der Waals surface area contributed by atoms with Gasteiger partial charge >= 0.3 is 0 Å². The van der Waals surface area contributed by atoms with Crippen LogP contribution in [0.4, 0.5) is 0 Å². The summed E-state index contributed by atoms with van der Waals surface area (Å²) in [6.07, 6.45) is -0.733. The van der Waals surface area contributed by atoms with E-state index < -0.39 is 6.10 Å². The molecular weight excluding hydrogens is 529 g/mol. The molecule has 172 valence electrons. The van der Waals surface area contributed by atoms with Gasteiger partial charge in [-0.3, -0.25) is 0 Å². The SMILES string of the molecule is [N-]=[N+]=NC[C@H](OCc1ccccc1)[C@H](OCc1ccccc1)[C@@H](I)COCc1ccccc1. The van der Waals surface area contributed by atoms with Crippen LogP contribution in [0.5, 0.6) is 0 Å². The van der Waals surface area contributed by atoms with Crippen LogP contribution in [0.2, 0.25) is 0 Å². The van der Waals surface area contributed by atoms with Gasteiger partial charge in [-0.15, -0.1) is 0 Å². The van der Waals surface area contributed by atoms with Gasteiger partial charge in [-0.2, -0.15) is 0 Å². The normalized spacial score (nSPS) is 13.6. The molecule has 0 N–H and O–H groups in total. The van der Waals surface area contributed by atoms with E-state index in [1.54, 1.807) is 0 Å². The summed E-state index contributed by atoms with van der Waals surface area (Å²) in [5.74, 6) is 0. The molecule has 0 aromatic heterocycles. The largest absolute Gasteiger partial charge is 0.376 e. The standard InChI is InChI=1S/C26H28IN3O3/c27-24(20-31-17-21-10-4-1-5-11-21)26(33-19-23-14-8-3-9-15-23)25(16-29-30-28)32-18-22-12-6-2-7-13-22/h1-15,24-26H,16-20H2/t24-,25-,26+/m0/s1. The Labute approximate surface area is 208 Å². The summed E-state index contributed by atoms with van der Waals surface area (Å²) in [7, 11) is 0. The van der Waals surface area contributed by atoms with Gasteiger partial charge in [0.15, 0.2) is 0 Å². The summed E-state index contributed by atoms with van der Waals surface area (Å²) in [6, 6.07) is 30.0. The molecular formula is C26H28IN3O3. The Morgan fingerprint density at radius 1 is 0.727 bits per heavy atom. The van der Waals surface area contributed by atoms with Gasteiger partial charge in [0, 0.05) is 4.91 Å². The van der Waals surface area contributed by atoms with Gasteiger partial charge in [0.1, 0.15) is 0 Å². The highest BCUT2D eigenvalue weighted by Crippen LogP contribution is 2.21. The van der Waals surface area contributed by atoms with Crippen molar-refractivity contribution in [1.82, 2.24) is 0 Å². The Kier molecular flexibility index (Phi) is 11.2. The third-order valence-corrected chi connectivity index (χ3v) is 6.10. The molecule has 0 aliphatic heterocycles. The predicted molar refractivity (Wildman–Crippen MR) is 138 cm³/mol. The van der Waals surface area contributed by atoms with Crippen LogP contribution in [0.25, 0.3) is 10.4 Å². The fraction of sp³-hybridized carbons (Fsp3) is 0.308. The molecule has 0 unspecified atom stereocenters. The third kappa shape index (κ3) is 9.15. The van der Waals surface area contributed by atoms with Gasteiger partial charge in [-0.1, -0.05) is 119 Å². The van der Waals surface area contributed by atoms with Crippen LogP contribution in [0, 0.1) is 0 Å². The Balaban J connectivity index is 1.68. The fourth-order valence-corrected chi connectivity index (χ4v) is 4.24. The minimum atomic E-state index is -0.410. The molecule has 3 aromatic carbocycles. The van der Waals surface area contributed by atoms with Crippen molar-refractivity contribution in [3.05, 3.63) is 118 Å². The summed E-state index contributed by atoms with van der Waals surface area (Å²) in [6.45, 7) is 2.03. The van der Waals surface area contributed by atoms with E-state index >= 15 is 0 Å². The smallest absolute Gasteiger partial charge is 0.0982 e. The molecule has 0 amide bonds. The van der Waals surface area contributed by atoms with Crippen molar-refractivity contribution in [2.45, 2.75) is 36.0 Å². The summed E-state index contributed by atoms with van der Waals surface area (Å²) in [4.78, 5) is 2.95. The van der Waals surface area contributed by atoms with E-state index in [1.807, 2.05) is 91.0 Å². The highest BCUT2D eigenvalue weighted by atomic mass is 127. The monoisotopic (exact) mass is 557 g/mol. The molecule has 0 saturated heterocycles. The van der Waals surface area contributed by atoms with E-state index in [-0.39, 0.29) is 16.6 Å². The van der Waals surface area contributed by atoms with Crippen molar-refractivity contribution >= 4 is 22.6 Å². The quantitative estimate of drug-likeness (QED) is 0.0748. The van der Waals surface area contributed by atoms with E-state index in [0.717, 1.165) is 16.7 Å². The Morgan fingerprint density at radius 2 is 1.21 bits per heavy atom. The molecule has 33 heavy (non-hydrogen) atoms. The number of halogens is 1. The lowest BCUT2D eigenvalue weighted by molar-refractivity contribution is -0.0866. The summed E-state index contributed by atoms with van der Waals surface area (Å²) < 4.78 is 18.5. The number of ether oxygens (including phenoxy) is 3. The van der Waals surface area contributed by atoms with Crippen LogP contribution in [-0.4, -0.2) is 29.3 Å². The van der Waals surface area contributed by atoms with E-state index in [1.165, 1.54) is 0 Å². The van der Waals surface area contributed by atoms with Crippen LogP contribution in [-0.2, 0) is 34.0 Å². The molecule has 0 saturated carbocycles. The second kappa shape index (κ2) is 14.7. The number of alkyl halides is 1. The number of hydrogen-bond donors (Lipinski definition) is 0. The molecule has 3 atom stereocenters. The first-order valence-corrected chi connectivity index (χ1v) is 12.1. The zero-order valence-electron chi connectivity index (χ0n) is 18.4. The summed E-state index contributed by atoms with van der Waals surface area (Å²) >= 11 is 2.35. The molecule has 0 bridgehead atoms. The van der Waals surface area contributed by atoms with Crippen molar-refractivity contribution in [1.29, 1.82) is 0 Å². The Bertz CT molecular complexity index is 970. The first-order valence-electron chi connectivity index (χ1n) is 10.8. The van der Waals surface area contributed by atoms with Gasteiger partial charge in [-0.05, 0) is 22.2 Å². The van der Waals surface area contributed by atoms with E-state index in [0.29, 0.717) is 26.4 Å². The number of nitrogens with zero attached hydrogens (tertiary/aromatic N) is 3. The van der Waals surface area contributed by atoms with Crippen molar-refractivity contribution in [3.8, 4) is 0 Å². The summed E-state index contributed by atoms with van der Waals surface area (Å²) in [5.41, 5.74) is 12.2. The molecule has 0 aliphatic carbocycles. The molecule has 0 spiro atoms. The second-order valence-electron chi connectivity index (χ2n) is 7.53. The zero-order valence-corrected chi connectivity index (χ0v) is 20.5. The number of azide groups is 1. The first-order chi connectivity index (χ1) is 16.3. The number of hydrogen-bond acceptors (Lipinski definition) is 4. The van der Waals surface area contributed by atoms with Gasteiger partial charge in [0.05, 0.1) is 49.1 Å².